The van der Waals surface area contributed by atoms with Gasteiger partial charge in [-0.05, 0) is 32.1 Å². The molecule has 2 unspecified atom stereocenters. The zero-order valence-electron chi connectivity index (χ0n) is 10.2. The summed E-state index contributed by atoms with van der Waals surface area (Å²) in [6.07, 6.45) is 9.73. The van der Waals surface area contributed by atoms with E-state index in [-0.39, 0.29) is 0 Å². The molecule has 0 saturated heterocycles. The Morgan fingerprint density at radius 1 is 1.29 bits per heavy atom. The first-order chi connectivity index (χ1) is 6.76. The van der Waals surface area contributed by atoms with Crippen molar-refractivity contribution in [1.29, 1.82) is 0 Å². The number of hydrogen-bond donors (Lipinski definition) is 1. The maximum atomic E-state index is 3.77. The largest absolute Gasteiger partial charge is 0.312 e. The lowest BCUT2D eigenvalue weighted by molar-refractivity contribution is 0.381. The molecule has 0 amide bonds. The SMILES string of the molecule is CCCCC(CC)NC(C)CC1CC1. The van der Waals surface area contributed by atoms with E-state index in [1.54, 1.807) is 0 Å². The summed E-state index contributed by atoms with van der Waals surface area (Å²) < 4.78 is 0. The maximum Gasteiger partial charge on any atom is 0.00669 e. The molecule has 0 aromatic heterocycles. The molecule has 1 saturated carbocycles. The highest BCUT2D eigenvalue weighted by atomic mass is 14.9. The molecule has 0 aliphatic heterocycles. The van der Waals surface area contributed by atoms with Gasteiger partial charge in [-0.25, -0.2) is 0 Å². The maximum absolute atomic E-state index is 3.77. The Morgan fingerprint density at radius 2 is 2.00 bits per heavy atom. The van der Waals surface area contributed by atoms with Crippen molar-refractivity contribution in [3.05, 3.63) is 0 Å². The summed E-state index contributed by atoms with van der Waals surface area (Å²) in [5, 5.41) is 3.77. The summed E-state index contributed by atoms with van der Waals surface area (Å²) >= 11 is 0. The second kappa shape index (κ2) is 6.44. The highest BCUT2D eigenvalue weighted by molar-refractivity contribution is 4.79. The molecule has 1 aliphatic rings. The first-order valence-corrected chi connectivity index (χ1v) is 6.52. The Morgan fingerprint density at radius 3 is 2.50 bits per heavy atom. The third-order valence-electron chi connectivity index (χ3n) is 3.30. The average molecular weight is 197 g/mol. The van der Waals surface area contributed by atoms with Crippen molar-refractivity contribution < 1.29 is 0 Å². The average Bonchev–Trinajstić information content (AvgIpc) is 2.95. The van der Waals surface area contributed by atoms with Crippen LogP contribution in [-0.4, -0.2) is 12.1 Å². The standard InChI is InChI=1S/C13H27N/c1-4-6-7-13(5-2)14-11(3)10-12-8-9-12/h11-14H,4-10H2,1-3H3. The van der Waals surface area contributed by atoms with Crippen molar-refractivity contribution in [2.75, 3.05) is 0 Å². The lowest BCUT2D eigenvalue weighted by Crippen LogP contribution is -2.36. The molecule has 84 valence electrons. The summed E-state index contributed by atoms with van der Waals surface area (Å²) in [6.45, 7) is 6.93. The highest BCUT2D eigenvalue weighted by Gasteiger charge is 2.24. The van der Waals surface area contributed by atoms with Crippen LogP contribution in [0.15, 0.2) is 0 Å². The molecular formula is C13H27N. The predicted molar refractivity (Wildman–Crippen MR) is 63.5 cm³/mol. The van der Waals surface area contributed by atoms with Crippen LogP contribution in [0.3, 0.4) is 0 Å². The van der Waals surface area contributed by atoms with E-state index in [0.717, 1.165) is 18.0 Å². The normalized spacial score (nSPS) is 20.8. The quantitative estimate of drug-likeness (QED) is 0.625. The van der Waals surface area contributed by atoms with Gasteiger partial charge >= 0.3 is 0 Å². The van der Waals surface area contributed by atoms with Gasteiger partial charge in [0.2, 0.25) is 0 Å². The van der Waals surface area contributed by atoms with Gasteiger partial charge in [0.25, 0.3) is 0 Å². The van der Waals surface area contributed by atoms with Crippen LogP contribution in [0.25, 0.3) is 0 Å². The van der Waals surface area contributed by atoms with Crippen LogP contribution in [0.1, 0.15) is 65.7 Å². The summed E-state index contributed by atoms with van der Waals surface area (Å²) in [5.74, 6) is 1.06. The molecule has 0 bridgehead atoms. The van der Waals surface area contributed by atoms with Crippen LogP contribution in [0.2, 0.25) is 0 Å². The molecule has 2 atom stereocenters. The zero-order chi connectivity index (χ0) is 10.4. The summed E-state index contributed by atoms with van der Waals surface area (Å²) in [6, 6.07) is 1.51. The number of rotatable bonds is 8. The lowest BCUT2D eigenvalue weighted by Gasteiger charge is -2.22. The molecule has 1 N–H and O–H groups in total. The molecule has 0 aromatic rings. The van der Waals surface area contributed by atoms with Gasteiger partial charge in [0.15, 0.2) is 0 Å². The molecule has 1 rings (SSSR count). The first kappa shape index (κ1) is 12.0. The van der Waals surface area contributed by atoms with Gasteiger partial charge in [-0.3, -0.25) is 0 Å². The van der Waals surface area contributed by atoms with Crippen molar-refractivity contribution in [2.45, 2.75) is 77.8 Å². The summed E-state index contributed by atoms with van der Waals surface area (Å²) in [7, 11) is 0. The Kier molecular flexibility index (Phi) is 5.54. The monoisotopic (exact) mass is 197 g/mol. The lowest BCUT2D eigenvalue weighted by atomic mass is 10.0. The molecular weight excluding hydrogens is 170 g/mol. The first-order valence-electron chi connectivity index (χ1n) is 6.52. The van der Waals surface area contributed by atoms with Crippen molar-refractivity contribution in [3.63, 3.8) is 0 Å². The van der Waals surface area contributed by atoms with Gasteiger partial charge in [0.1, 0.15) is 0 Å². The van der Waals surface area contributed by atoms with Gasteiger partial charge in [-0.15, -0.1) is 0 Å². The Bertz CT molecular complexity index is 140. The number of hydrogen-bond acceptors (Lipinski definition) is 1. The Hall–Kier alpha value is -0.0400. The molecule has 0 radical (unpaired) electrons. The van der Waals surface area contributed by atoms with Gasteiger partial charge in [0, 0.05) is 12.1 Å². The molecule has 0 aromatic carbocycles. The van der Waals surface area contributed by atoms with Crippen molar-refractivity contribution in [3.8, 4) is 0 Å². The molecule has 1 aliphatic carbocycles. The van der Waals surface area contributed by atoms with Crippen LogP contribution in [0, 0.1) is 5.92 Å². The summed E-state index contributed by atoms with van der Waals surface area (Å²) in [4.78, 5) is 0. The number of unbranched alkanes of at least 4 members (excludes halogenated alkanes) is 1. The molecule has 1 heteroatoms. The Labute approximate surface area is 89.7 Å². The second-order valence-electron chi connectivity index (χ2n) is 4.99. The fraction of sp³-hybridized carbons (Fsp3) is 1.00. The van der Waals surface area contributed by atoms with E-state index in [1.165, 1.54) is 44.9 Å². The highest BCUT2D eigenvalue weighted by Crippen LogP contribution is 2.33. The molecule has 1 nitrogen and oxygen atoms in total. The van der Waals surface area contributed by atoms with Gasteiger partial charge in [0.05, 0.1) is 0 Å². The predicted octanol–water partition coefficient (Wildman–Crippen LogP) is 3.73. The van der Waals surface area contributed by atoms with E-state index in [9.17, 15) is 0 Å². The zero-order valence-corrected chi connectivity index (χ0v) is 10.2. The third kappa shape index (κ3) is 4.99. The molecule has 0 spiro atoms. The smallest absolute Gasteiger partial charge is 0.00669 e. The minimum Gasteiger partial charge on any atom is -0.312 e. The molecule has 14 heavy (non-hydrogen) atoms. The fourth-order valence-corrected chi connectivity index (χ4v) is 2.18. The third-order valence-corrected chi connectivity index (χ3v) is 3.30. The van der Waals surface area contributed by atoms with Crippen molar-refractivity contribution >= 4 is 0 Å². The van der Waals surface area contributed by atoms with E-state index in [2.05, 4.69) is 26.1 Å². The van der Waals surface area contributed by atoms with E-state index in [1.807, 2.05) is 0 Å². The molecule has 0 heterocycles. The second-order valence-corrected chi connectivity index (χ2v) is 4.99. The summed E-state index contributed by atoms with van der Waals surface area (Å²) in [5.41, 5.74) is 0. The van der Waals surface area contributed by atoms with Crippen LogP contribution >= 0.6 is 0 Å². The molecule has 1 fully saturated rings. The van der Waals surface area contributed by atoms with Crippen LogP contribution < -0.4 is 5.32 Å². The van der Waals surface area contributed by atoms with E-state index >= 15 is 0 Å². The van der Waals surface area contributed by atoms with Crippen molar-refractivity contribution in [2.24, 2.45) is 5.92 Å². The Balaban J connectivity index is 2.09. The van der Waals surface area contributed by atoms with Crippen LogP contribution in [0.5, 0.6) is 0 Å². The van der Waals surface area contributed by atoms with Gasteiger partial charge < -0.3 is 5.32 Å². The number of nitrogens with one attached hydrogen (secondary N) is 1. The van der Waals surface area contributed by atoms with Crippen molar-refractivity contribution in [1.82, 2.24) is 5.32 Å². The topological polar surface area (TPSA) is 12.0 Å². The minimum absolute atomic E-state index is 0.740. The van der Waals surface area contributed by atoms with Gasteiger partial charge in [-0.1, -0.05) is 39.5 Å². The minimum atomic E-state index is 0.740. The van der Waals surface area contributed by atoms with E-state index in [4.69, 9.17) is 0 Å². The van der Waals surface area contributed by atoms with E-state index in [0.29, 0.717) is 0 Å². The van der Waals surface area contributed by atoms with Crippen LogP contribution in [-0.2, 0) is 0 Å². The van der Waals surface area contributed by atoms with Crippen LogP contribution in [0.4, 0.5) is 0 Å². The van der Waals surface area contributed by atoms with Gasteiger partial charge in [-0.2, -0.15) is 0 Å². The fourth-order valence-electron chi connectivity index (χ4n) is 2.18. The van der Waals surface area contributed by atoms with E-state index < -0.39 is 0 Å².